The summed E-state index contributed by atoms with van der Waals surface area (Å²) in [6.07, 6.45) is 5.65. The van der Waals surface area contributed by atoms with Crippen LogP contribution in [0.5, 0.6) is 5.75 Å². The van der Waals surface area contributed by atoms with Crippen LogP contribution in [0.15, 0.2) is 24.3 Å². The highest BCUT2D eigenvalue weighted by atomic mass is 17.2. The molecule has 0 fully saturated rings. The number of rotatable bonds is 10. The molecule has 0 aromatic heterocycles. The van der Waals surface area contributed by atoms with E-state index >= 15 is 0 Å². The minimum absolute atomic E-state index is 0.0793. The lowest BCUT2D eigenvalue weighted by Gasteiger charge is -2.12. The Kier molecular flexibility index (Phi) is 8.60. The van der Waals surface area contributed by atoms with Crippen LogP contribution < -0.4 is 4.74 Å². The summed E-state index contributed by atoms with van der Waals surface area (Å²) in [5.74, 6) is 0.258. The highest BCUT2D eigenvalue weighted by Gasteiger charge is 2.11. The molecule has 0 spiro atoms. The van der Waals surface area contributed by atoms with Crippen molar-refractivity contribution in [1.29, 1.82) is 0 Å². The zero-order valence-corrected chi connectivity index (χ0v) is 14.1. The molecule has 1 aromatic rings. The molecule has 0 N–H and O–H groups in total. The van der Waals surface area contributed by atoms with Crippen molar-refractivity contribution in [1.82, 2.24) is 0 Å². The third-order valence-corrected chi connectivity index (χ3v) is 3.21. The summed E-state index contributed by atoms with van der Waals surface area (Å²) in [6, 6.07) is 6.86. The van der Waals surface area contributed by atoms with Gasteiger partial charge in [0.1, 0.15) is 11.9 Å². The van der Waals surface area contributed by atoms with Gasteiger partial charge >= 0.3 is 5.97 Å². The van der Waals surface area contributed by atoms with Crippen LogP contribution in [0.2, 0.25) is 0 Å². The molecule has 22 heavy (non-hydrogen) atoms. The molecule has 4 nitrogen and oxygen atoms in total. The third kappa shape index (κ3) is 7.46. The maximum absolute atomic E-state index is 11.9. The molecule has 0 saturated heterocycles. The van der Waals surface area contributed by atoms with E-state index in [1.807, 2.05) is 20.8 Å². The van der Waals surface area contributed by atoms with E-state index in [0.717, 1.165) is 18.6 Å². The molecule has 0 aliphatic rings. The van der Waals surface area contributed by atoms with Crippen molar-refractivity contribution < 1.29 is 19.3 Å². The standard InChI is InChI=1S/C18H28O4/c1-5-6-7-8-9-15(4)21-22-18(19)16-10-12-17(13-11-16)20-14(2)3/h10-15H,5-9H2,1-4H3. The van der Waals surface area contributed by atoms with Crippen molar-refractivity contribution in [2.75, 3.05) is 0 Å². The number of hydrogen-bond acceptors (Lipinski definition) is 4. The van der Waals surface area contributed by atoms with Crippen LogP contribution in [0.3, 0.4) is 0 Å². The normalized spacial score (nSPS) is 12.2. The molecule has 0 heterocycles. The topological polar surface area (TPSA) is 44.8 Å². The van der Waals surface area contributed by atoms with Crippen molar-refractivity contribution in [2.24, 2.45) is 0 Å². The lowest BCUT2D eigenvalue weighted by atomic mass is 10.1. The molecule has 0 aliphatic carbocycles. The molecule has 1 aromatic carbocycles. The number of carbonyl (C=O) groups is 1. The minimum atomic E-state index is -0.475. The molecule has 0 bridgehead atoms. The highest BCUT2D eigenvalue weighted by molar-refractivity contribution is 5.89. The van der Waals surface area contributed by atoms with Crippen LogP contribution in [-0.2, 0) is 9.78 Å². The average molecular weight is 308 g/mol. The van der Waals surface area contributed by atoms with Gasteiger partial charge in [-0.2, -0.15) is 4.89 Å². The minimum Gasteiger partial charge on any atom is -0.491 e. The van der Waals surface area contributed by atoms with Crippen LogP contribution in [0.4, 0.5) is 0 Å². The summed E-state index contributed by atoms with van der Waals surface area (Å²) in [6.45, 7) is 8.01. The van der Waals surface area contributed by atoms with Gasteiger partial charge in [-0.1, -0.05) is 32.6 Å². The Morgan fingerprint density at radius 1 is 1.05 bits per heavy atom. The molecule has 0 amide bonds. The summed E-state index contributed by atoms with van der Waals surface area (Å²) in [5.41, 5.74) is 0.453. The number of ether oxygens (including phenoxy) is 1. The Balaban J connectivity index is 2.32. The van der Waals surface area contributed by atoms with Crippen molar-refractivity contribution in [3.63, 3.8) is 0 Å². The van der Waals surface area contributed by atoms with Gasteiger partial charge in [-0.15, -0.1) is 0 Å². The smallest absolute Gasteiger partial charge is 0.373 e. The predicted molar refractivity (Wildman–Crippen MR) is 86.9 cm³/mol. The number of hydrogen-bond donors (Lipinski definition) is 0. The first-order valence-corrected chi connectivity index (χ1v) is 8.17. The van der Waals surface area contributed by atoms with Crippen LogP contribution >= 0.6 is 0 Å². The van der Waals surface area contributed by atoms with Gasteiger partial charge in [-0.25, -0.2) is 4.79 Å². The lowest BCUT2D eigenvalue weighted by Crippen LogP contribution is -2.13. The molecule has 1 unspecified atom stereocenters. The van der Waals surface area contributed by atoms with Gasteiger partial charge < -0.3 is 4.74 Å². The van der Waals surface area contributed by atoms with Crippen molar-refractivity contribution >= 4 is 5.97 Å². The van der Waals surface area contributed by atoms with Gasteiger partial charge in [-0.3, -0.25) is 4.89 Å². The SMILES string of the molecule is CCCCCCC(C)OOC(=O)c1ccc(OC(C)C)cc1. The average Bonchev–Trinajstić information content (AvgIpc) is 2.49. The molecule has 0 aliphatic heterocycles. The molecule has 1 atom stereocenters. The number of unbranched alkanes of at least 4 members (excludes halogenated alkanes) is 3. The van der Waals surface area contributed by atoms with E-state index in [1.54, 1.807) is 24.3 Å². The molecule has 4 heteroatoms. The van der Waals surface area contributed by atoms with E-state index in [1.165, 1.54) is 19.3 Å². The van der Waals surface area contributed by atoms with E-state index in [4.69, 9.17) is 14.5 Å². The summed E-state index contributed by atoms with van der Waals surface area (Å²) < 4.78 is 5.53. The Hall–Kier alpha value is -1.55. The van der Waals surface area contributed by atoms with E-state index in [-0.39, 0.29) is 12.2 Å². The Morgan fingerprint density at radius 2 is 1.73 bits per heavy atom. The Bertz CT molecular complexity index is 425. The van der Waals surface area contributed by atoms with Gasteiger partial charge in [0, 0.05) is 0 Å². The first-order chi connectivity index (χ1) is 10.5. The number of carbonyl (C=O) groups excluding carboxylic acids is 1. The fourth-order valence-electron chi connectivity index (χ4n) is 2.02. The van der Waals surface area contributed by atoms with Gasteiger partial charge in [0.25, 0.3) is 0 Å². The summed E-state index contributed by atoms with van der Waals surface area (Å²) >= 11 is 0. The van der Waals surface area contributed by atoms with Crippen molar-refractivity contribution in [3.05, 3.63) is 29.8 Å². The Labute approximate surface area is 133 Å². The second-order valence-electron chi connectivity index (χ2n) is 5.82. The van der Waals surface area contributed by atoms with Crippen molar-refractivity contribution in [2.45, 2.75) is 72.0 Å². The zero-order valence-electron chi connectivity index (χ0n) is 14.1. The highest BCUT2D eigenvalue weighted by Crippen LogP contribution is 2.15. The molecule has 0 saturated carbocycles. The van der Waals surface area contributed by atoms with E-state index in [9.17, 15) is 4.79 Å². The van der Waals surface area contributed by atoms with Crippen LogP contribution in [-0.4, -0.2) is 18.2 Å². The van der Waals surface area contributed by atoms with Gasteiger partial charge in [0.2, 0.25) is 0 Å². The monoisotopic (exact) mass is 308 g/mol. The number of benzene rings is 1. The molecule has 0 radical (unpaired) electrons. The predicted octanol–water partition coefficient (Wildman–Crippen LogP) is 4.92. The maximum atomic E-state index is 11.9. The first kappa shape index (κ1) is 18.5. The molecular weight excluding hydrogens is 280 g/mol. The van der Waals surface area contributed by atoms with Gasteiger partial charge in [-0.05, 0) is 51.5 Å². The van der Waals surface area contributed by atoms with E-state index in [0.29, 0.717) is 5.56 Å². The third-order valence-electron chi connectivity index (χ3n) is 3.21. The van der Waals surface area contributed by atoms with E-state index < -0.39 is 5.97 Å². The fraction of sp³-hybridized carbons (Fsp3) is 0.611. The van der Waals surface area contributed by atoms with Crippen LogP contribution in [0, 0.1) is 0 Å². The second kappa shape index (κ2) is 10.2. The summed E-state index contributed by atoms with van der Waals surface area (Å²) in [7, 11) is 0. The summed E-state index contributed by atoms with van der Waals surface area (Å²) in [4.78, 5) is 21.9. The summed E-state index contributed by atoms with van der Waals surface area (Å²) in [5, 5.41) is 0. The largest absolute Gasteiger partial charge is 0.491 e. The van der Waals surface area contributed by atoms with Gasteiger partial charge in [0.05, 0.1) is 11.7 Å². The lowest BCUT2D eigenvalue weighted by molar-refractivity contribution is -0.271. The second-order valence-corrected chi connectivity index (χ2v) is 5.82. The zero-order chi connectivity index (χ0) is 16.4. The van der Waals surface area contributed by atoms with Crippen molar-refractivity contribution in [3.8, 4) is 5.75 Å². The fourth-order valence-corrected chi connectivity index (χ4v) is 2.02. The van der Waals surface area contributed by atoms with E-state index in [2.05, 4.69) is 6.92 Å². The quantitative estimate of drug-likeness (QED) is 0.349. The van der Waals surface area contributed by atoms with Crippen LogP contribution in [0.25, 0.3) is 0 Å². The molecule has 1 rings (SSSR count). The van der Waals surface area contributed by atoms with Gasteiger partial charge in [0.15, 0.2) is 0 Å². The van der Waals surface area contributed by atoms with Crippen LogP contribution in [0.1, 0.15) is 70.2 Å². The Morgan fingerprint density at radius 3 is 2.32 bits per heavy atom. The molecule has 124 valence electrons. The molecular formula is C18H28O4. The maximum Gasteiger partial charge on any atom is 0.373 e. The first-order valence-electron chi connectivity index (χ1n) is 8.17.